The van der Waals surface area contributed by atoms with Crippen molar-refractivity contribution in [3.63, 3.8) is 0 Å². The van der Waals surface area contributed by atoms with Crippen LogP contribution in [0.1, 0.15) is 16.8 Å². The third kappa shape index (κ3) is 4.13. The van der Waals surface area contributed by atoms with E-state index >= 15 is 0 Å². The molecule has 0 amide bonds. The van der Waals surface area contributed by atoms with Gasteiger partial charge in [-0.05, 0) is 18.4 Å². The Labute approximate surface area is 115 Å². The van der Waals surface area contributed by atoms with Crippen molar-refractivity contribution in [2.45, 2.75) is 6.42 Å². The number of hydrogen-bond acceptors (Lipinski definition) is 6. The van der Waals surface area contributed by atoms with Gasteiger partial charge in [0, 0.05) is 6.07 Å². The van der Waals surface area contributed by atoms with Crippen molar-refractivity contribution in [3.8, 4) is 11.5 Å². The van der Waals surface area contributed by atoms with Crippen LogP contribution in [-0.2, 0) is 0 Å². The van der Waals surface area contributed by atoms with Crippen molar-refractivity contribution in [2.24, 2.45) is 0 Å². The van der Waals surface area contributed by atoms with Gasteiger partial charge in [-0.25, -0.2) is 0 Å². The number of aldehydes is 1. The highest BCUT2D eigenvalue weighted by Crippen LogP contribution is 2.34. The predicted molar refractivity (Wildman–Crippen MR) is 73.5 cm³/mol. The van der Waals surface area contributed by atoms with Gasteiger partial charge in [0.25, 0.3) is 5.69 Å². The van der Waals surface area contributed by atoms with E-state index in [1.165, 1.54) is 19.2 Å². The fraction of sp³-hybridized carbons (Fsp3) is 0.417. The lowest BCUT2D eigenvalue weighted by Gasteiger charge is -2.11. The van der Waals surface area contributed by atoms with Crippen molar-refractivity contribution < 1.29 is 19.2 Å². The molecule has 6 nitrogen and oxygen atoms in total. The fourth-order valence-electron chi connectivity index (χ4n) is 1.48. The van der Waals surface area contributed by atoms with Crippen molar-refractivity contribution in [2.75, 3.05) is 25.7 Å². The monoisotopic (exact) mass is 285 g/mol. The van der Waals surface area contributed by atoms with Gasteiger partial charge in [-0.3, -0.25) is 14.9 Å². The lowest BCUT2D eigenvalue weighted by atomic mass is 10.1. The second-order valence-corrected chi connectivity index (χ2v) is 4.62. The Morgan fingerprint density at radius 1 is 1.42 bits per heavy atom. The number of methoxy groups -OCH3 is 1. The number of carbonyl (C=O) groups excluding carboxylic acids is 1. The minimum atomic E-state index is -0.613. The van der Waals surface area contributed by atoms with Crippen LogP contribution in [0.25, 0.3) is 0 Å². The molecule has 0 aliphatic rings. The van der Waals surface area contributed by atoms with E-state index in [1.807, 2.05) is 6.26 Å². The molecular formula is C12H15NO5S. The largest absolute Gasteiger partial charge is 0.493 e. The van der Waals surface area contributed by atoms with Crippen LogP contribution in [-0.4, -0.2) is 36.9 Å². The third-order valence-electron chi connectivity index (χ3n) is 2.39. The molecule has 1 aromatic carbocycles. The van der Waals surface area contributed by atoms with E-state index in [0.717, 1.165) is 12.2 Å². The lowest BCUT2D eigenvalue weighted by Crippen LogP contribution is -2.03. The Morgan fingerprint density at radius 2 is 2.16 bits per heavy atom. The van der Waals surface area contributed by atoms with Gasteiger partial charge in [0.15, 0.2) is 17.8 Å². The highest BCUT2D eigenvalue weighted by molar-refractivity contribution is 7.98. The molecule has 1 rings (SSSR count). The van der Waals surface area contributed by atoms with Crippen molar-refractivity contribution >= 4 is 23.7 Å². The van der Waals surface area contributed by atoms with Crippen LogP contribution in [0.2, 0.25) is 0 Å². The zero-order valence-corrected chi connectivity index (χ0v) is 11.6. The van der Waals surface area contributed by atoms with E-state index in [1.54, 1.807) is 11.8 Å². The van der Waals surface area contributed by atoms with Crippen LogP contribution in [0.4, 0.5) is 5.69 Å². The molecule has 0 aromatic heterocycles. The SMILES string of the molecule is COc1cc(C=O)c([N+](=O)[O-])cc1OCCCSC. The minimum Gasteiger partial charge on any atom is -0.493 e. The van der Waals surface area contributed by atoms with E-state index in [9.17, 15) is 14.9 Å². The quantitative estimate of drug-likeness (QED) is 0.316. The normalized spacial score (nSPS) is 10.0. The second kappa shape index (κ2) is 7.63. The number of thioether (sulfide) groups is 1. The molecule has 0 heterocycles. The molecule has 0 N–H and O–H groups in total. The first-order chi connectivity index (χ1) is 9.13. The molecule has 0 aliphatic carbocycles. The third-order valence-corrected chi connectivity index (χ3v) is 3.08. The molecule has 0 spiro atoms. The van der Waals surface area contributed by atoms with Gasteiger partial charge in [0.1, 0.15) is 0 Å². The Hall–Kier alpha value is -1.76. The summed E-state index contributed by atoms with van der Waals surface area (Å²) < 4.78 is 10.5. The number of hydrogen-bond donors (Lipinski definition) is 0. The van der Waals surface area contributed by atoms with Gasteiger partial charge in [0.05, 0.1) is 30.3 Å². The van der Waals surface area contributed by atoms with E-state index in [0.29, 0.717) is 18.6 Å². The fourth-order valence-corrected chi connectivity index (χ4v) is 1.88. The van der Waals surface area contributed by atoms with Crippen molar-refractivity contribution in [1.82, 2.24) is 0 Å². The molecule has 0 radical (unpaired) electrons. The molecule has 1 aromatic rings. The summed E-state index contributed by atoms with van der Waals surface area (Å²) in [5.41, 5.74) is -0.311. The molecule has 19 heavy (non-hydrogen) atoms. The molecule has 0 bridgehead atoms. The van der Waals surface area contributed by atoms with Crippen LogP contribution in [0.5, 0.6) is 11.5 Å². The van der Waals surface area contributed by atoms with E-state index in [-0.39, 0.29) is 17.0 Å². The molecular weight excluding hydrogens is 270 g/mol. The lowest BCUT2D eigenvalue weighted by molar-refractivity contribution is -0.385. The smallest absolute Gasteiger partial charge is 0.283 e. The Balaban J connectivity index is 2.97. The van der Waals surface area contributed by atoms with Crippen LogP contribution < -0.4 is 9.47 Å². The molecule has 0 saturated heterocycles. The standard InChI is InChI=1S/C12H15NO5S/c1-17-11-6-9(8-14)10(13(15)16)7-12(11)18-4-3-5-19-2/h6-8H,3-5H2,1-2H3. The number of rotatable bonds is 8. The summed E-state index contributed by atoms with van der Waals surface area (Å²) in [6.07, 6.45) is 3.25. The topological polar surface area (TPSA) is 78.7 Å². The molecule has 0 unspecified atom stereocenters. The summed E-state index contributed by atoms with van der Waals surface area (Å²) in [6.45, 7) is 0.439. The maximum Gasteiger partial charge on any atom is 0.283 e. The number of nitrogens with zero attached hydrogens (tertiary/aromatic N) is 1. The van der Waals surface area contributed by atoms with Gasteiger partial charge >= 0.3 is 0 Å². The summed E-state index contributed by atoms with van der Waals surface area (Å²) in [6, 6.07) is 2.54. The van der Waals surface area contributed by atoms with Crippen molar-refractivity contribution in [3.05, 3.63) is 27.8 Å². The van der Waals surface area contributed by atoms with Crippen LogP contribution in [0.15, 0.2) is 12.1 Å². The zero-order chi connectivity index (χ0) is 14.3. The summed E-state index contributed by atoms with van der Waals surface area (Å²) in [7, 11) is 1.42. The zero-order valence-electron chi connectivity index (χ0n) is 10.8. The van der Waals surface area contributed by atoms with Gasteiger partial charge in [-0.15, -0.1) is 0 Å². The molecule has 0 atom stereocenters. The molecule has 0 saturated carbocycles. The van der Waals surface area contributed by atoms with Crippen molar-refractivity contribution in [1.29, 1.82) is 0 Å². The van der Waals surface area contributed by atoms with Gasteiger partial charge < -0.3 is 9.47 Å². The highest BCUT2D eigenvalue weighted by atomic mass is 32.2. The average molecular weight is 285 g/mol. The van der Waals surface area contributed by atoms with Gasteiger partial charge in [0.2, 0.25) is 0 Å². The van der Waals surface area contributed by atoms with Crippen LogP contribution >= 0.6 is 11.8 Å². The summed E-state index contributed by atoms with van der Waals surface area (Å²) >= 11 is 1.70. The van der Waals surface area contributed by atoms with Gasteiger partial charge in [-0.2, -0.15) is 11.8 Å². The summed E-state index contributed by atoms with van der Waals surface area (Å²) in [5.74, 6) is 1.54. The Morgan fingerprint density at radius 3 is 2.68 bits per heavy atom. The Bertz CT molecular complexity index is 464. The van der Waals surface area contributed by atoms with Crippen LogP contribution in [0, 0.1) is 10.1 Å². The minimum absolute atomic E-state index is 0.0293. The number of benzene rings is 1. The first-order valence-corrected chi connectivity index (χ1v) is 6.96. The molecule has 104 valence electrons. The van der Waals surface area contributed by atoms with Gasteiger partial charge in [-0.1, -0.05) is 0 Å². The average Bonchev–Trinajstić information content (AvgIpc) is 2.42. The molecule has 7 heteroatoms. The summed E-state index contributed by atoms with van der Waals surface area (Å²) in [4.78, 5) is 21.0. The number of carbonyl (C=O) groups is 1. The highest BCUT2D eigenvalue weighted by Gasteiger charge is 2.19. The second-order valence-electron chi connectivity index (χ2n) is 3.63. The Kier molecular flexibility index (Phi) is 6.14. The molecule has 0 aliphatic heterocycles. The number of nitro groups is 1. The van der Waals surface area contributed by atoms with E-state index in [2.05, 4.69) is 0 Å². The maximum atomic E-state index is 10.9. The first-order valence-electron chi connectivity index (χ1n) is 5.57. The number of nitro benzene ring substituents is 1. The first kappa shape index (κ1) is 15.3. The van der Waals surface area contributed by atoms with E-state index < -0.39 is 4.92 Å². The van der Waals surface area contributed by atoms with Crippen LogP contribution in [0.3, 0.4) is 0 Å². The summed E-state index contributed by atoms with van der Waals surface area (Å²) in [5, 5.41) is 10.9. The van der Waals surface area contributed by atoms with E-state index in [4.69, 9.17) is 9.47 Å². The molecule has 0 fully saturated rings. The predicted octanol–water partition coefficient (Wildman–Crippen LogP) is 2.55. The number of ether oxygens (including phenoxy) is 2. The maximum absolute atomic E-state index is 10.9.